The first-order valence-corrected chi connectivity index (χ1v) is 10.8. The number of carbonyl (C=O) groups excluding carboxylic acids is 2. The molecule has 1 N–H and O–H groups in total. The number of ketones is 1. The molecule has 154 valence electrons. The summed E-state index contributed by atoms with van der Waals surface area (Å²) < 4.78 is 20.7. The van der Waals surface area contributed by atoms with E-state index in [1.54, 1.807) is 18.2 Å². The highest BCUT2D eigenvalue weighted by atomic mass is 19.1. The number of ether oxygens (including phenoxy) is 1. The minimum absolute atomic E-state index is 0.0146. The van der Waals surface area contributed by atoms with E-state index in [9.17, 15) is 14.0 Å². The number of benzene rings is 1. The largest absolute Gasteiger partial charge is 0.459 e. The minimum Gasteiger partial charge on any atom is -0.459 e. The lowest BCUT2D eigenvalue weighted by Crippen LogP contribution is -2.35. The fourth-order valence-corrected chi connectivity index (χ4v) is 4.85. The van der Waals surface area contributed by atoms with Crippen LogP contribution in [0.15, 0.2) is 46.8 Å². The molecule has 0 saturated heterocycles. The average Bonchev–Trinajstić information content (AvgIpc) is 2.96. The zero-order valence-corrected chi connectivity index (χ0v) is 16.9. The van der Waals surface area contributed by atoms with E-state index in [-0.39, 0.29) is 11.9 Å². The number of allylic oxidation sites excluding steroid dienone is 3. The fraction of sp³-hybridized carbons (Fsp3) is 0.500. The average molecular weight is 397 g/mol. The predicted molar refractivity (Wildman–Crippen MR) is 108 cm³/mol. The number of hydrogen-bond acceptors (Lipinski definition) is 4. The van der Waals surface area contributed by atoms with Crippen LogP contribution in [0.1, 0.15) is 76.2 Å². The third-order valence-electron chi connectivity index (χ3n) is 6.29. The Kier molecular flexibility index (Phi) is 5.84. The normalized spacial score (nSPS) is 23.4. The second kappa shape index (κ2) is 8.52. The van der Waals surface area contributed by atoms with E-state index in [0.717, 1.165) is 44.2 Å². The lowest BCUT2D eigenvalue weighted by Gasteiger charge is -2.34. The van der Waals surface area contributed by atoms with Crippen molar-refractivity contribution in [3.05, 3.63) is 58.2 Å². The first-order valence-electron chi connectivity index (χ1n) is 10.8. The molecule has 1 aromatic rings. The highest BCUT2D eigenvalue weighted by molar-refractivity contribution is 6.03. The molecule has 0 radical (unpaired) electrons. The number of rotatable bonds is 3. The molecule has 29 heavy (non-hydrogen) atoms. The number of esters is 1. The van der Waals surface area contributed by atoms with Crippen LogP contribution < -0.4 is 5.32 Å². The first-order chi connectivity index (χ1) is 14.1. The molecular formula is C24H28FNO3. The van der Waals surface area contributed by atoms with Crippen molar-refractivity contribution in [1.82, 2.24) is 5.32 Å². The molecule has 1 atom stereocenters. The molecule has 4 nitrogen and oxygen atoms in total. The molecule has 1 aromatic carbocycles. The van der Waals surface area contributed by atoms with Crippen molar-refractivity contribution in [2.24, 2.45) is 0 Å². The molecule has 2 aliphatic carbocycles. The maximum Gasteiger partial charge on any atom is 0.337 e. The van der Waals surface area contributed by atoms with Gasteiger partial charge in [0.2, 0.25) is 0 Å². The summed E-state index contributed by atoms with van der Waals surface area (Å²) in [5, 5.41) is 3.26. The smallest absolute Gasteiger partial charge is 0.337 e. The van der Waals surface area contributed by atoms with Gasteiger partial charge >= 0.3 is 5.97 Å². The van der Waals surface area contributed by atoms with E-state index in [2.05, 4.69) is 5.32 Å². The quantitative estimate of drug-likeness (QED) is 0.572. The van der Waals surface area contributed by atoms with Gasteiger partial charge in [-0.2, -0.15) is 0 Å². The zero-order valence-electron chi connectivity index (χ0n) is 16.9. The Morgan fingerprint density at radius 1 is 1.07 bits per heavy atom. The number of carbonyl (C=O) groups is 2. The Bertz CT molecular complexity index is 878. The van der Waals surface area contributed by atoms with Gasteiger partial charge in [0.25, 0.3) is 0 Å². The van der Waals surface area contributed by atoms with Crippen LogP contribution >= 0.6 is 0 Å². The minimum atomic E-state index is -0.710. The van der Waals surface area contributed by atoms with E-state index in [4.69, 9.17) is 4.74 Å². The van der Waals surface area contributed by atoms with Gasteiger partial charge in [-0.3, -0.25) is 4.79 Å². The van der Waals surface area contributed by atoms with Crippen molar-refractivity contribution < 1.29 is 18.7 Å². The Balaban J connectivity index is 1.73. The van der Waals surface area contributed by atoms with Gasteiger partial charge in [0, 0.05) is 29.0 Å². The van der Waals surface area contributed by atoms with Crippen molar-refractivity contribution in [3.63, 3.8) is 0 Å². The van der Waals surface area contributed by atoms with Crippen LogP contribution in [0.3, 0.4) is 0 Å². The Hall–Kier alpha value is -2.43. The van der Waals surface area contributed by atoms with Crippen molar-refractivity contribution in [2.45, 2.75) is 76.7 Å². The standard InChI is InChI=1S/C24H28FNO3/c1-15-21(24(28)29-16-9-4-2-3-5-10-16)22(17-11-6-7-12-18(17)25)23-19(26-15)13-8-14-20(23)27/h6-7,11-12,16,22,26H,2-5,8-10,13-14H2,1H3/t22-/m1/s1. The monoisotopic (exact) mass is 397 g/mol. The van der Waals surface area contributed by atoms with Gasteiger partial charge in [-0.1, -0.05) is 31.0 Å². The third-order valence-corrected chi connectivity index (χ3v) is 6.29. The SMILES string of the molecule is CC1=C(C(=O)OC2CCCCCC2)[C@@H](c2ccccc2F)C2=C(CCCC2=O)N1. The molecule has 5 heteroatoms. The molecule has 3 aliphatic rings. The molecule has 0 unspecified atom stereocenters. The number of hydrogen-bond donors (Lipinski definition) is 1. The molecule has 1 heterocycles. The summed E-state index contributed by atoms with van der Waals surface area (Å²) in [6, 6.07) is 6.42. The lowest BCUT2D eigenvalue weighted by molar-refractivity contribution is -0.145. The second-order valence-electron chi connectivity index (χ2n) is 8.31. The van der Waals surface area contributed by atoms with Crippen molar-refractivity contribution >= 4 is 11.8 Å². The molecule has 0 amide bonds. The van der Waals surface area contributed by atoms with Crippen LogP contribution in [0.25, 0.3) is 0 Å². The molecule has 1 aliphatic heterocycles. The zero-order chi connectivity index (χ0) is 20.4. The maximum atomic E-state index is 14.8. The fourth-order valence-electron chi connectivity index (χ4n) is 4.85. The summed E-state index contributed by atoms with van der Waals surface area (Å²) >= 11 is 0. The highest BCUT2D eigenvalue weighted by Crippen LogP contribution is 2.43. The molecule has 0 bridgehead atoms. The molecule has 0 spiro atoms. The van der Waals surface area contributed by atoms with Crippen LogP contribution in [0.5, 0.6) is 0 Å². The summed E-state index contributed by atoms with van der Waals surface area (Å²) in [5.74, 6) is -1.56. The molecule has 1 fully saturated rings. The summed E-state index contributed by atoms with van der Waals surface area (Å²) in [7, 11) is 0. The Labute approximate surface area is 171 Å². The molecule has 0 aromatic heterocycles. The van der Waals surface area contributed by atoms with E-state index >= 15 is 0 Å². The topological polar surface area (TPSA) is 55.4 Å². The van der Waals surface area contributed by atoms with Crippen LogP contribution in [0.4, 0.5) is 4.39 Å². The van der Waals surface area contributed by atoms with Crippen molar-refractivity contribution in [2.75, 3.05) is 0 Å². The van der Waals surface area contributed by atoms with Crippen LogP contribution in [-0.4, -0.2) is 17.9 Å². The van der Waals surface area contributed by atoms with Gasteiger partial charge in [0.15, 0.2) is 5.78 Å². The van der Waals surface area contributed by atoms with Crippen LogP contribution in [-0.2, 0) is 14.3 Å². The third kappa shape index (κ3) is 4.00. The summed E-state index contributed by atoms with van der Waals surface area (Å²) in [4.78, 5) is 26.1. The highest BCUT2D eigenvalue weighted by Gasteiger charge is 2.40. The number of halogens is 1. The number of nitrogens with one attached hydrogen (secondary N) is 1. The Morgan fingerprint density at radius 2 is 1.79 bits per heavy atom. The van der Waals surface area contributed by atoms with E-state index < -0.39 is 17.7 Å². The van der Waals surface area contributed by atoms with E-state index in [1.807, 2.05) is 6.92 Å². The van der Waals surface area contributed by atoms with Gasteiger partial charge in [0.05, 0.1) is 11.5 Å². The number of Topliss-reactive ketones (excluding diaryl/α,β-unsaturated/α-hetero) is 1. The lowest BCUT2D eigenvalue weighted by atomic mass is 9.75. The van der Waals surface area contributed by atoms with Crippen molar-refractivity contribution in [1.29, 1.82) is 0 Å². The van der Waals surface area contributed by atoms with Gasteiger partial charge in [0.1, 0.15) is 11.9 Å². The summed E-state index contributed by atoms with van der Waals surface area (Å²) in [6.45, 7) is 1.82. The second-order valence-corrected chi connectivity index (χ2v) is 8.31. The van der Waals surface area contributed by atoms with E-state index in [1.165, 1.54) is 18.9 Å². The molecule has 4 rings (SSSR count). The summed E-state index contributed by atoms with van der Waals surface area (Å²) in [5.41, 5.74) is 2.74. The van der Waals surface area contributed by atoms with Gasteiger partial charge < -0.3 is 10.1 Å². The van der Waals surface area contributed by atoms with Crippen LogP contribution in [0, 0.1) is 5.82 Å². The maximum absolute atomic E-state index is 14.8. The van der Waals surface area contributed by atoms with E-state index in [0.29, 0.717) is 28.8 Å². The van der Waals surface area contributed by atoms with Crippen LogP contribution in [0.2, 0.25) is 0 Å². The first kappa shape index (κ1) is 19.9. The summed E-state index contributed by atoms with van der Waals surface area (Å²) in [6.07, 6.45) is 7.99. The van der Waals surface area contributed by atoms with Gasteiger partial charge in [-0.25, -0.2) is 9.18 Å². The van der Waals surface area contributed by atoms with Gasteiger partial charge in [-0.05, 0) is 51.5 Å². The molecular weight excluding hydrogens is 369 g/mol. The predicted octanol–water partition coefficient (Wildman–Crippen LogP) is 5.06. The number of dihydropyridines is 1. The molecule has 1 saturated carbocycles. The Morgan fingerprint density at radius 3 is 2.52 bits per heavy atom. The van der Waals surface area contributed by atoms with Crippen molar-refractivity contribution in [3.8, 4) is 0 Å². The van der Waals surface area contributed by atoms with Gasteiger partial charge in [-0.15, -0.1) is 0 Å².